The highest BCUT2D eigenvalue weighted by Crippen LogP contribution is 2.34. The second-order valence-corrected chi connectivity index (χ2v) is 7.58. The zero-order valence-electron chi connectivity index (χ0n) is 13.6. The SMILES string of the molecule is CC(=O)SC1CCC(C(=O)N[C@@H](Cc2ccccc2)C(C)=O)C1. The van der Waals surface area contributed by atoms with E-state index in [-0.39, 0.29) is 28.0 Å². The Balaban J connectivity index is 1.91. The first-order chi connectivity index (χ1) is 11.0. The van der Waals surface area contributed by atoms with Crippen molar-refractivity contribution >= 4 is 28.6 Å². The fraction of sp³-hybridized carbons (Fsp3) is 0.500. The van der Waals surface area contributed by atoms with E-state index in [2.05, 4.69) is 5.32 Å². The lowest BCUT2D eigenvalue weighted by atomic mass is 10.0. The van der Waals surface area contributed by atoms with Crippen LogP contribution in [0.15, 0.2) is 30.3 Å². The second-order valence-electron chi connectivity index (χ2n) is 6.10. The third-order valence-electron chi connectivity index (χ3n) is 4.18. The lowest BCUT2D eigenvalue weighted by molar-refractivity contribution is -0.129. The Labute approximate surface area is 141 Å². The zero-order chi connectivity index (χ0) is 16.8. The van der Waals surface area contributed by atoms with Crippen LogP contribution in [-0.2, 0) is 20.8 Å². The van der Waals surface area contributed by atoms with Crippen molar-refractivity contribution in [2.24, 2.45) is 5.92 Å². The predicted molar refractivity (Wildman–Crippen MR) is 92.2 cm³/mol. The van der Waals surface area contributed by atoms with E-state index in [0.717, 1.165) is 18.4 Å². The molecule has 23 heavy (non-hydrogen) atoms. The van der Waals surface area contributed by atoms with Gasteiger partial charge in [0, 0.05) is 18.1 Å². The summed E-state index contributed by atoms with van der Waals surface area (Å²) in [4.78, 5) is 35.4. The van der Waals surface area contributed by atoms with E-state index < -0.39 is 6.04 Å². The van der Waals surface area contributed by atoms with E-state index in [4.69, 9.17) is 0 Å². The van der Waals surface area contributed by atoms with Gasteiger partial charge in [0.15, 0.2) is 10.9 Å². The summed E-state index contributed by atoms with van der Waals surface area (Å²) in [6.45, 7) is 3.07. The number of nitrogens with one attached hydrogen (secondary N) is 1. The average Bonchev–Trinajstić information content (AvgIpc) is 2.95. The molecule has 1 fully saturated rings. The van der Waals surface area contributed by atoms with Gasteiger partial charge in [0.1, 0.15) is 0 Å². The molecule has 3 atom stereocenters. The van der Waals surface area contributed by atoms with E-state index in [1.165, 1.54) is 18.7 Å². The van der Waals surface area contributed by atoms with Gasteiger partial charge in [-0.15, -0.1) is 0 Å². The number of amides is 1. The van der Waals surface area contributed by atoms with E-state index in [9.17, 15) is 14.4 Å². The van der Waals surface area contributed by atoms with Crippen LogP contribution in [-0.4, -0.2) is 28.1 Å². The summed E-state index contributed by atoms with van der Waals surface area (Å²) in [5, 5.41) is 3.23. The molecule has 0 radical (unpaired) electrons. The summed E-state index contributed by atoms with van der Waals surface area (Å²) in [6, 6.07) is 9.21. The first-order valence-corrected chi connectivity index (χ1v) is 8.85. The van der Waals surface area contributed by atoms with Crippen molar-refractivity contribution in [1.82, 2.24) is 5.32 Å². The highest BCUT2D eigenvalue weighted by atomic mass is 32.2. The summed E-state index contributed by atoms with van der Waals surface area (Å²) < 4.78 is 0. The van der Waals surface area contributed by atoms with Gasteiger partial charge < -0.3 is 5.32 Å². The molecule has 0 aromatic heterocycles. The van der Waals surface area contributed by atoms with Crippen molar-refractivity contribution in [3.05, 3.63) is 35.9 Å². The number of benzene rings is 1. The van der Waals surface area contributed by atoms with Crippen LogP contribution in [0.1, 0.15) is 38.7 Å². The van der Waals surface area contributed by atoms with E-state index in [1.807, 2.05) is 30.3 Å². The van der Waals surface area contributed by atoms with Crippen LogP contribution in [0.2, 0.25) is 0 Å². The van der Waals surface area contributed by atoms with Crippen molar-refractivity contribution < 1.29 is 14.4 Å². The largest absolute Gasteiger partial charge is 0.346 e. The molecular formula is C18H23NO3S. The van der Waals surface area contributed by atoms with Gasteiger partial charge in [-0.25, -0.2) is 0 Å². The number of rotatable bonds is 6. The standard InChI is InChI=1S/C18H23NO3S/c1-12(20)17(10-14-6-4-3-5-7-14)19-18(22)15-8-9-16(11-15)23-13(2)21/h3-7,15-17H,8-11H2,1-2H3,(H,19,22)/t15?,16?,17-/m0/s1. The maximum absolute atomic E-state index is 12.4. The summed E-state index contributed by atoms with van der Waals surface area (Å²) >= 11 is 1.33. The highest BCUT2D eigenvalue weighted by Gasteiger charge is 2.32. The Kier molecular flexibility index (Phi) is 6.39. The molecule has 0 aliphatic heterocycles. The van der Waals surface area contributed by atoms with Crippen LogP contribution in [0.3, 0.4) is 0 Å². The molecule has 1 aromatic carbocycles. The molecule has 0 heterocycles. The minimum atomic E-state index is -0.482. The molecule has 0 spiro atoms. The van der Waals surface area contributed by atoms with Gasteiger partial charge in [0.2, 0.25) is 5.91 Å². The zero-order valence-corrected chi connectivity index (χ0v) is 14.4. The summed E-state index contributed by atoms with van der Waals surface area (Å²) in [5.41, 5.74) is 1.03. The fourth-order valence-corrected chi connectivity index (χ4v) is 4.01. The molecule has 1 aliphatic carbocycles. The van der Waals surface area contributed by atoms with Gasteiger partial charge in [-0.3, -0.25) is 14.4 Å². The number of hydrogen-bond donors (Lipinski definition) is 1. The van der Waals surface area contributed by atoms with Crippen molar-refractivity contribution in [1.29, 1.82) is 0 Å². The predicted octanol–water partition coefficient (Wildman–Crippen LogP) is 2.75. The van der Waals surface area contributed by atoms with Crippen molar-refractivity contribution in [3.63, 3.8) is 0 Å². The smallest absolute Gasteiger partial charge is 0.223 e. The highest BCUT2D eigenvalue weighted by molar-refractivity contribution is 8.14. The summed E-state index contributed by atoms with van der Waals surface area (Å²) in [5.74, 6) is -0.188. The number of Topliss-reactive ketones (excluding diaryl/α,β-unsaturated/α-hetero) is 1. The topological polar surface area (TPSA) is 63.2 Å². The first-order valence-electron chi connectivity index (χ1n) is 7.97. The second kappa shape index (κ2) is 8.29. The van der Waals surface area contributed by atoms with Crippen molar-refractivity contribution in [3.8, 4) is 0 Å². The Morgan fingerprint density at radius 2 is 1.87 bits per heavy atom. The van der Waals surface area contributed by atoms with Crippen LogP contribution >= 0.6 is 11.8 Å². The van der Waals surface area contributed by atoms with Gasteiger partial charge in [-0.1, -0.05) is 42.1 Å². The Morgan fingerprint density at radius 1 is 1.17 bits per heavy atom. The minimum absolute atomic E-state index is 0.0325. The third-order valence-corrected chi connectivity index (χ3v) is 5.27. The molecule has 0 saturated heterocycles. The Bertz CT molecular complexity index is 573. The molecule has 124 valence electrons. The molecule has 1 N–H and O–H groups in total. The monoisotopic (exact) mass is 333 g/mol. The Morgan fingerprint density at radius 3 is 2.48 bits per heavy atom. The van der Waals surface area contributed by atoms with Crippen LogP contribution in [0, 0.1) is 5.92 Å². The van der Waals surface area contributed by atoms with Crippen LogP contribution in [0.25, 0.3) is 0 Å². The molecule has 1 aliphatic rings. The molecule has 2 unspecified atom stereocenters. The molecule has 1 amide bonds. The number of carbonyl (C=O) groups is 3. The Hall–Kier alpha value is -1.62. The lowest BCUT2D eigenvalue weighted by Crippen LogP contribution is -2.43. The quantitative estimate of drug-likeness (QED) is 0.869. The summed E-state index contributed by atoms with van der Waals surface area (Å²) in [7, 11) is 0. The van der Waals surface area contributed by atoms with Gasteiger partial charge in [-0.2, -0.15) is 0 Å². The number of ketones is 1. The van der Waals surface area contributed by atoms with Crippen molar-refractivity contribution in [2.45, 2.75) is 50.8 Å². The maximum atomic E-state index is 12.4. The van der Waals surface area contributed by atoms with Crippen LogP contribution in [0.5, 0.6) is 0 Å². The molecule has 1 saturated carbocycles. The van der Waals surface area contributed by atoms with Gasteiger partial charge in [0.05, 0.1) is 6.04 Å². The molecular weight excluding hydrogens is 310 g/mol. The fourth-order valence-electron chi connectivity index (χ4n) is 2.96. The minimum Gasteiger partial charge on any atom is -0.346 e. The third kappa shape index (κ3) is 5.50. The molecule has 5 heteroatoms. The van der Waals surface area contributed by atoms with Gasteiger partial charge in [0.25, 0.3) is 0 Å². The van der Waals surface area contributed by atoms with E-state index in [1.54, 1.807) is 6.92 Å². The first kappa shape index (κ1) is 17.7. The van der Waals surface area contributed by atoms with Gasteiger partial charge >= 0.3 is 0 Å². The van der Waals surface area contributed by atoms with Gasteiger partial charge in [-0.05, 0) is 38.2 Å². The molecule has 1 aromatic rings. The average molecular weight is 333 g/mol. The summed E-state index contributed by atoms with van der Waals surface area (Å²) in [6.07, 6.45) is 2.89. The lowest BCUT2D eigenvalue weighted by Gasteiger charge is -2.19. The molecule has 0 bridgehead atoms. The van der Waals surface area contributed by atoms with E-state index in [0.29, 0.717) is 12.8 Å². The van der Waals surface area contributed by atoms with Crippen molar-refractivity contribution in [2.75, 3.05) is 0 Å². The number of carbonyl (C=O) groups excluding carboxylic acids is 3. The van der Waals surface area contributed by atoms with Crippen LogP contribution < -0.4 is 5.32 Å². The number of thioether (sulfide) groups is 1. The normalized spacial score (nSPS) is 21.7. The van der Waals surface area contributed by atoms with E-state index >= 15 is 0 Å². The number of hydrogen-bond acceptors (Lipinski definition) is 4. The maximum Gasteiger partial charge on any atom is 0.223 e. The van der Waals surface area contributed by atoms with Crippen LogP contribution in [0.4, 0.5) is 0 Å². The molecule has 2 rings (SSSR count). The molecule has 4 nitrogen and oxygen atoms in total.